The smallest absolute Gasteiger partial charge is 0.328 e. The van der Waals surface area contributed by atoms with Crippen molar-refractivity contribution in [2.75, 3.05) is 4.43 Å². The van der Waals surface area contributed by atoms with E-state index in [1.165, 1.54) is 16.8 Å². The van der Waals surface area contributed by atoms with Crippen LogP contribution in [0.4, 0.5) is 0 Å². The van der Waals surface area contributed by atoms with Gasteiger partial charge in [-0.15, -0.1) is 0 Å². The van der Waals surface area contributed by atoms with Crippen LogP contribution in [0.2, 0.25) is 0 Å². The molecule has 17 heavy (non-hydrogen) atoms. The van der Waals surface area contributed by atoms with E-state index < -0.39 is 0 Å². The Morgan fingerprint density at radius 1 is 1.59 bits per heavy atom. The van der Waals surface area contributed by atoms with E-state index in [4.69, 9.17) is 4.74 Å². The summed E-state index contributed by atoms with van der Waals surface area (Å²) >= 11 is 2.31. The first-order chi connectivity index (χ1) is 8.10. The fourth-order valence-corrected chi connectivity index (χ4v) is 2.67. The molecule has 0 radical (unpaired) electrons. The Hall–Kier alpha value is -0.630. The van der Waals surface area contributed by atoms with E-state index in [-0.39, 0.29) is 23.5 Å². The van der Waals surface area contributed by atoms with E-state index in [1.807, 2.05) is 0 Å². The molecule has 1 aromatic heterocycles. The maximum atomic E-state index is 11.5. The van der Waals surface area contributed by atoms with Crippen LogP contribution in [-0.2, 0) is 11.3 Å². The molecule has 5 nitrogen and oxygen atoms in total. The minimum Gasteiger partial charge on any atom is -0.372 e. The van der Waals surface area contributed by atoms with Crippen LogP contribution in [0.3, 0.4) is 0 Å². The standard InChI is InChI=1S/C11H15IN2O3/c1-7-4-8(5-12)17-9(7)6-14-3-2-10(15)13-11(14)16/h2-3,7-9H,4-6H2,1H3,(H,13,15,16)/t7-,8-,9?/m0/s1. The topological polar surface area (TPSA) is 64.1 Å². The maximum Gasteiger partial charge on any atom is 0.328 e. The third-order valence-electron chi connectivity index (χ3n) is 3.08. The average molecular weight is 350 g/mol. The second-order valence-corrected chi connectivity index (χ2v) is 5.31. The van der Waals surface area contributed by atoms with E-state index in [1.54, 1.807) is 0 Å². The molecule has 2 heterocycles. The van der Waals surface area contributed by atoms with Crippen LogP contribution in [0.5, 0.6) is 0 Å². The van der Waals surface area contributed by atoms with Crippen molar-refractivity contribution in [1.82, 2.24) is 9.55 Å². The lowest BCUT2D eigenvalue weighted by Gasteiger charge is -2.16. The number of nitrogens with zero attached hydrogens (tertiary/aromatic N) is 1. The predicted molar refractivity (Wildman–Crippen MR) is 72.7 cm³/mol. The molecule has 0 amide bonds. The van der Waals surface area contributed by atoms with Crippen LogP contribution in [0.25, 0.3) is 0 Å². The number of H-pyrrole nitrogens is 1. The van der Waals surface area contributed by atoms with Crippen molar-refractivity contribution in [2.45, 2.75) is 32.1 Å². The van der Waals surface area contributed by atoms with Crippen LogP contribution >= 0.6 is 22.6 Å². The fourth-order valence-electron chi connectivity index (χ4n) is 2.11. The van der Waals surface area contributed by atoms with Crippen molar-refractivity contribution in [3.05, 3.63) is 33.1 Å². The highest BCUT2D eigenvalue weighted by atomic mass is 127. The zero-order valence-electron chi connectivity index (χ0n) is 9.56. The van der Waals surface area contributed by atoms with E-state index >= 15 is 0 Å². The Kier molecular flexibility index (Phi) is 4.03. The van der Waals surface area contributed by atoms with Crippen LogP contribution in [-0.4, -0.2) is 26.2 Å². The van der Waals surface area contributed by atoms with E-state index in [0.717, 1.165) is 10.8 Å². The quantitative estimate of drug-likeness (QED) is 0.647. The van der Waals surface area contributed by atoms with Gasteiger partial charge in [-0.2, -0.15) is 0 Å². The minimum atomic E-state index is -0.369. The summed E-state index contributed by atoms with van der Waals surface area (Å²) in [5.74, 6) is 0.439. The molecule has 0 spiro atoms. The molecule has 1 N–H and O–H groups in total. The van der Waals surface area contributed by atoms with Gasteiger partial charge in [0.2, 0.25) is 0 Å². The van der Waals surface area contributed by atoms with Crippen molar-refractivity contribution in [1.29, 1.82) is 0 Å². The molecular formula is C11H15IN2O3. The highest BCUT2D eigenvalue weighted by molar-refractivity contribution is 14.1. The average Bonchev–Trinajstić information content (AvgIpc) is 2.64. The molecule has 0 aliphatic carbocycles. The Morgan fingerprint density at radius 3 is 2.94 bits per heavy atom. The summed E-state index contributed by atoms with van der Waals surface area (Å²) in [6.45, 7) is 2.64. The van der Waals surface area contributed by atoms with Gasteiger partial charge in [-0.1, -0.05) is 29.5 Å². The first-order valence-electron chi connectivity index (χ1n) is 5.61. The Balaban J connectivity index is 2.11. The summed E-state index contributed by atoms with van der Waals surface area (Å²) in [5.41, 5.74) is -0.733. The molecule has 3 atom stereocenters. The van der Waals surface area contributed by atoms with Gasteiger partial charge in [0.25, 0.3) is 5.56 Å². The van der Waals surface area contributed by atoms with Gasteiger partial charge in [0.05, 0.1) is 18.8 Å². The van der Waals surface area contributed by atoms with Crippen molar-refractivity contribution in [3.63, 3.8) is 0 Å². The third kappa shape index (κ3) is 2.98. The lowest BCUT2D eigenvalue weighted by atomic mass is 10.0. The second kappa shape index (κ2) is 5.34. The molecule has 6 heteroatoms. The summed E-state index contributed by atoms with van der Waals surface area (Å²) < 4.78 is 8.32. The minimum absolute atomic E-state index is 0.0540. The molecule has 0 aromatic carbocycles. The highest BCUT2D eigenvalue weighted by Crippen LogP contribution is 2.27. The first kappa shape index (κ1) is 12.8. The zero-order chi connectivity index (χ0) is 12.4. The molecule has 1 aromatic rings. The van der Waals surface area contributed by atoms with Crippen molar-refractivity contribution in [2.24, 2.45) is 5.92 Å². The van der Waals surface area contributed by atoms with E-state index in [9.17, 15) is 9.59 Å². The van der Waals surface area contributed by atoms with E-state index in [0.29, 0.717) is 12.5 Å². The van der Waals surface area contributed by atoms with Gasteiger partial charge in [-0.25, -0.2) is 4.79 Å². The Bertz CT molecular complexity index is 496. The van der Waals surface area contributed by atoms with Crippen molar-refractivity contribution >= 4 is 22.6 Å². The summed E-state index contributed by atoms with van der Waals surface area (Å²) in [7, 11) is 0. The number of alkyl halides is 1. The predicted octanol–water partition coefficient (Wildman–Crippen LogP) is 0.765. The van der Waals surface area contributed by atoms with Gasteiger partial charge in [-0.05, 0) is 12.3 Å². The van der Waals surface area contributed by atoms with E-state index in [2.05, 4.69) is 34.5 Å². The van der Waals surface area contributed by atoms with Crippen LogP contribution < -0.4 is 11.2 Å². The highest BCUT2D eigenvalue weighted by Gasteiger charge is 2.31. The maximum absolute atomic E-state index is 11.5. The second-order valence-electron chi connectivity index (χ2n) is 4.43. The molecule has 0 saturated carbocycles. The van der Waals surface area contributed by atoms with Gasteiger partial charge in [0.1, 0.15) is 0 Å². The molecule has 1 fully saturated rings. The van der Waals surface area contributed by atoms with Gasteiger partial charge in [0.15, 0.2) is 0 Å². The van der Waals surface area contributed by atoms with Crippen molar-refractivity contribution < 1.29 is 4.74 Å². The number of ether oxygens (including phenoxy) is 1. The monoisotopic (exact) mass is 350 g/mol. The summed E-state index contributed by atoms with van der Waals surface area (Å²) in [6, 6.07) is 1.36. The Morgan fingerprint density at radius 2 is 2.35 bits per heavy atom. The molecule has 1 unspecified atom stereocenters. The summed E-state index contributed by atoms with van der Waals surface area (Å²) in [6.07, 6.45) is 2.90. The number of hydrogen-bond donors (Lipinski definition) is 1. The molecular weight excluding hydrogens is 335 g/mol. The summed E-state index contributed by atoms with van der Waals surface area (Å²) in [5, 5.41) is 0. The van der Waals surface area contributed by atoms with Gasteiger partial charge < -0.3 is 4.74 Å². The van der Waals surface area contributed by atoms with Crippen LogP contribution in [0, 0.1) is 5.92 Å². The lowest BCUT2D eigenvalue weighted by molar-refractivity contribution is 0.0377. The molecule has 94 valence electrons. The number of nitrogens with one attached hydrogen (secondary N) is 1. The number of halogens is 1. The largest absolute Gasteiger partial charge is 0.372 e. The van der Waals surface area contributed by atoms with Gasteiger partial charge >= 0.3 is 5.69 Å². The van der Waals surface area contributed by atoms with Gasteiger partial charge in [0, 0.05) is 16.7 Å². The summed E-state index contributed by atoms with van der Waals surface area (Å²) in [4.78, 5) is 24.7. The van der Waals surface area contributed by atoms with Gasteiger partial charge in [-0.3, -0.25) is 14.3 Å². The molecule has 2 rings (SSSR count). The third-order valence-corrected chi connectivity index (χ3v) is 4.06. The zero-order valence-corrected chi connectivity index (χ0v) is 11.7. The number of aromatic amines is 1. The molecule has 1 aliphatic heterocycles. The normalized spacial score (nSPS) is 28.5. The Labute approximate surface area is 112 Å². The lowest BCUT2D eigenvalue weighted by Crippen LogP contribution is -2.33. The molecule has 1 aliphatic rings. The molecule has 0 bridgehead atoms. The van der Waals surface area contributed by atoms with Crippen LogP contribution in [0.1, 0.15) is 13.3 Å². The fraction of sp³-hybridized carbons (Fsp3) is 0.636. The first-order valence-corrected chi connectivity index (χ1v) is 7.14. The van der Waals surface area contributed by atoms with Crippen LogP contribution in [0.15, 0.2) is 21.9 Å². The number of rotatable bonds is 3. The number of hydrogen-bond acceptors (Lipinski definition) is 3. The SMILES string of the molecule is C[C@H]1C[C@@H](CI)OC1Cn1ccc(=O)[nH]c1=O. The van der Waals surface area contributed by atoms with Crippen molar-refractivity contribution in [3.8, 4) is 0 Å². The number of aromatic nitrogens is 2. The molecule has 1 saturated heterocycles.